The topological polar surface area (TPSA) is 18.5 Å². The predicted molar refractivity (Wildman–Crippen MR) is 59.1 cm³/mol. The zero-order valence-electron chi connectivity index (χ0n) is 8.82. The average molecular weight is 202 g/mol. The van der Waals surface area contributed by atoms with Crippen molar-refractivity contribution in [3.05, 3.63) is 23.8 Å². The molecule has 2 rings (SSSR count). The average Bonchev–Trinajstić information content (AvgIpc) is 3.09. The quantitative estimate of drug-likeness (QED) is 0.698. The molecule has 1 aliphatic rings. The molecule has 2 heteroatoms. The number of benzene rings is 1. The van der Waals surface area contributed by atoms with Gasteiger partial charge in [0.05, 0.1) is 19.3 Å². The molecular formula is C13H14O2. The van der Waals surface area contributed by atoms with Crippen LogP contribution in [0.25, 0.3) is 0 Å². The molecule has 1 fully saturated rings. The molecule has 1 aromatic carbocycles. The van der Waals surface area contributed by atoms with E-state index in [9.17, 15) is 0 Å². The van der Waals surface area contributed by atoms with Gasteiger partial charge >= 0.3 is 0 Å². The van der Waals surface area contributed by atoms with Crippen molar-refractivity contribution in [2.75, 3.05) is 13.7 Å². The summed E-state index contributed by atoms with van der Waals surface area (Å²) in [6.45, 7) is 0.766. The van der Waals surface area contributed by atoms with Crippen LogP contribution in [0.15, 0.2) is 18.2 Å². The molecule has 1 aromatic rings. The molecule has 0 spiro atoms. The molecule has 1 saturated carbocycles. The van der Waals surface area contributed by atoms with E-state index in [1.54, 1.807) is 7.11 Å². The van der Waals surface area contributed by atoms with E-state index >= 15 is 0 Å². The minimum absolute atomic E-state index is 0.724. The molecule has 0 N–H and O–H groups in total. The third-order valence-corrected chi connectivity index (χ3v) is 2.52. The Balaban J connectivity index is 2.13. The van der Waals surface area contributed by atoms with Crippen LogP contribution in [-0.2, 0) is 0 Å². The molecule has 0 heterocycles. The van der Waals surface area contributed by atoms with Crippen LogP contribution < -0.4 is 9.47 Å². The summed E-state index contributed by atoms with van der Waals surface area (Å²) in [6, 6.07) is 5.54. The lowest BCUT2D eigenvalue weighted by molar-refractivity contribution is 0.297. The number of ether oxygens (including phenoxy) is 2. The lowest BCUT2D eigenvalue weighted by Crippen LogP contribution is -2.00. The van der Waals surface area contributed by atoms with E-state index in [1.165, 1.54) is 12.8 Å². The summed E-state index contributed by atoms with van der Waals surface area (Å²) in [4.78, 5) is 0. The number of hydrogen-bond acceptors (Lipinski definition) is 2. The van der Waals surface area contributed by atoms with Crippen LogP contribution in [0.2, 0.25) is 0 Å². The van der Waals surface area contributed by atoms with Crippen molar-refractivity contribution >= 4 is 0 Å². The summed E-state index contributed by atoms with van der Waals surface area (Å²) in [6.07, 6.45) is 7.94. The Hall–Kier alpha value is -1.62. The van der Waals surface area contributed by atoms with Crippen LogP contribution in [0.4, 0.5) is 0 Å². The minimum atomic E-state index is 0.724. The highest BCUT2D eigenvalue weighted by Crippen LogP contribution is 2.31. The SMILES string of the molecule is C#Cc1ccc(OC)cc1OCC1CC1. The Bertz CT molecular complexity index is 386. The predicted octanol–water partition coefficient (Wildman–Crippen LogP) is 2.47. The summed E-state index contributed by atoms with van der Waals surface area (Å²) >= 11 is 0. The van der Waals surface area contributed by atoms with Gasteiger partial charge in [-0.25, -0.2) is 0 Å². The Morgan fingerprint density at radius 1 is 1.47 bits per heavy atom. The van der Waals surface area contributed by atoms with Gasteiger partial charge in [-0.3, -0.25) is 0 Å². The number of rotatable bonds is 4. The van der Waals surface area contributed by atoms with E-state index in [2.05, 4.69) is 5.92 Å². The molecule has 0 amide bonds. The molecule has 0 aliphatic heterocycles. The van der Waals surface area contributed by atoms with Crippen LogP contribution in [0.3, 0.4) is 0 Å². The largest absolute Gasteiger partial charge is 0.497 e. The zero-order valence-corrected chi connectivity index (χ0v) is 8.82. The van der Waals surface area contributed by atoms with E-state index in [0.717, 1.165) is 29.6 Å². The maximum atomic E-state index is 5.67. The van der Waals surface area contributed by atoms with Crippen molar-refractivity contribution < 1.29 is 9.47 Å². The second kappa shape index (κ2) is 4.27. The highest BCUT2D eigenvalue weighted by atomic mass is 16.5. The van der Waals surface area contributed by atoms with Gasteiger partial charge in [0.2, 0.25) is 0 Å². The molecule has 2 nitrogen and oxygen atoms in total. The van der Waals surface area contributed by atoms with E-state index in [4.69, 9.17) is 15.9 Å². The van der Waals surface area contributed by atoms with Gasteiger partial charge in [-0.2, -0.15) is 0 Å². The Labute approximate surface area is 90.2 Å². The molecule has 0 bridgehead atoms. The van der Waals surface area contributed by atoms with Gasteiger partial charge in [-0.1, -0.05) is 5.92 Å². The lowest BCUT2D eigenvalue weighted by Gasteiger charge is -2.09. The third kappa shape index (κ3) is 2.44. The zero-order chi connectivity index (χ0) is 10.7. The summed E-state index contributed by atoms with van der Waals surface area (Å²) in [5.41, 5.74) is 0.788. The smallest absolute Gasteiger partial charge is 0.138 e. The van der Waals surface area contributed by atoms with Crippen molar-refractivity contribution in [1.82, 2.24) is 0 Å². The first kappa shape index (κ1) is 9.92. The van der Waals surface area contributed by atoms with Crippen LogP contribution in [0.1, 0.15) is 18.4 Å². The summed E-state index contributed by atoms with van der Waals surface area (Å²) in [5, 5.41) is 0. The van der Waals surface area contributed by atoms with Gasteiger partial charge in [0, 0.05) is 6.07 Å². The molecule has 0 radical (unpaired) electrons. The maximum absolute atomic E-state index is 5.67. The van der Waals surface area contributed by atoms with Gasteiger partial charge in [0.15, 0.2) is 0 Å². The van der Waals surface area contributed by atoms with Crippen molar-refractivity contribution in [3.63, 3.8) is 0 Å². The molecule has 0 atom stereocenters. The number of hydrogen-bond donors (Lipinski definition) is 0. The molecule has 15 heavy (non-hydrogen) atoms. The first-order chi connectivity index (χ1) is 7.33. The van der Waals surface area contributed by atoms with Gasteiger partial charge < -0.3 is 9.47 Å². The first-order valence-corrected chi connectivity index (χ1v) is 5.11. The first-order valence-electron chi connectivity index (χ1n) is 5.11. The number of methoxy groups -OCH3 is 1. The molecule has 0 unspecified atom stereocenters. The van der Waals surface area contributed by atoms with Crippen LogP contribution in [0.5, 0.6) is 11.5 Å². The lowest BCUT2D eigenvalue weighted by atomic mass is 10.2. The van der Waals surface area contributed by atoms with E-state index in [1.807, 2.05) is 18.2 Å². The fourth-order valence-corrected chi connectivity index (χ4v) is 1.36. The molecule has 1 aliphatic carbocycles. The Morgan fingerprint density at radius 3 is 2.87 bits per heavy atom. The highest BCUT2D eigenvalue weighted by Gasteiger charge is 2.22. The fourth-order valence-electron chi connectivity index (χ4n) is 1.36. The van der Waals surface area contributed by atoms with E-state index in [-0.39, 0.29) is 0 Å². The summed E-state index contributed by atoms with van der Waals surface area (Å²) in [5.74, 6) is 4.87. The maximum Gasteiger partial charge on any atom is 0.138 e. The van der Waals surface area contributed by atoms with Crippen LogP contribution in [-0.4, -0.2) is 13.7 Å². The second-order valence-electron chi connectivity index (χ2n) is 3.76. The van der Waals surface area contributed by atoms with Gasteiger partial charge in [0.25, 0.3) is 0 Å². The van der Waals surface area contributed by atoms with Crippen molar-refractivity contribution in [2.24, 2.45) is 5.92 Å². The van der Waals surface area contributed by atoms with E-state index in [0.29, 0.717) is 0 Å². The van der Waals surface area contributed by atoms with Gasteiger partial charge in [-0.15, -0.1) is 6.42 Å². The Morgan fingerprint density at radius 2 is 2.27 bits per heavy atom. The van der Waals surface area contributed by atoms with Crippen LogP contribution in [0, 0.1) is 18.3 Å². The monoisotopic (exact) mass is 202 g/mol. The van der Waals surface area contributed by atoms with Gasteiger partial charge in [0.1, 0.15) is 11.5 Å². The summed E-state index contributed by atoms with van der Waals surface area (Å²) < 4.78 is 10.8. The third-order valence-electron chi connectivity index (χ3n) is 2.52. The number of terminal acetylenes is 1. The second-order valence-corrected chi connectivity index (χ2v) is 3.76. The van der Waals surface area contributed by atoms with E-state index < -0.39 is 0 Å². The molecule has 78 valence electrons. The minimum Gasteiger partial charge on any atom is -0.497 e. The van der Waals surface area contributed by atoms with Crippen LogP contribution >= 0.6 is 0 Å². The summed E-state index contributed by atoms with van der Waals surface area (Å²) in [7, 11) is 1.63. The standard InChI is InChI=1S/C13H14O2/c1-3-11-6-7-12(14-2)8-13(11)15-9-10-4-5-10/h1,6-8,10H,4-5,9H2,2H3. The Kier molecular flexibility index (Phi) is 2.82. The van der Waals surface area contributed by atoms with Crippen molar-refractivity contribution in [3.8, 4) is 23.8 Å². The molecular weight excluding hydrogens is 188 g/mol. The van der Waals surface area contributed by atoms with Crippen molar-refractivity contribution in [1.29, 1.82) is 0 Å². The van der Waals surface area contributed by atoms with Crippen molar-refractivity contribution in [2.45, 2.75) is 12.8 Å². The molecule has 0 aromatic heterocycles. The molecule has 0 saturated heterocycles. The van der Waals surface area contributed by atoms with Gasteiger partial charge in [-0.05, 0) is 30.9 Å². The highest BCUT2D eigenvalue weighted by molar-refractivity contribution is 5.48. The fraction of sp³-hybridized carbons (Fsp3) is 0.385. The normalized spacial score (nSPS) is 14.4.